The molecule has 2 aliphatic carbocycles. The molecule has 6 heteroatoms. The molecule has 1 unspecified atom stereocenters. The van der Waals surface area contributed by atoms with Crippen molar-refractivity contribution >= 4 is 37.8 Å². The number of hydrogen-bond donors (Lipinski definition) is 1. The number of aliphatic hydroxyl groups is 1. The van der Waals surface area contributed by atoms with E-state index in [-0.39, 0.29) is 29.1 Å². The number of carbonyl (C=O) groups excluding carboxylic acids is 1. The number of esters is 1. The molecule has 10 radical (unpaired) electrons. The number of aliphatic hydroxyl groups excluding tert-OH is 1. The summed E-state index contributed by atoms with van der Waals surface area (Å²) in [6, 6.07) is 0. The molecule has 1 atom stereocenters. The average Bonchev–Trinajstić information content (AvgIpc) is 3.09. The summed E-state index contributed by atoms with van der Waals surface area (Å²) in [5.41, 5.74) is 0.262. The SMILES string of the molecule is Br[C]1[CH][CH][CH][CH]1.C=C(CC(O)[C]1[CH][CH][CH][C]1Br)C(=O)OC.[Fe+2]. The van der Waals surface area contributed by atoms with Crippen LogP contribution in [0.5, 0.6) is 0 Å². The monoisotopic (exact) mass is 470 g/mol. The molecule has 0 heterocycles. The minimum Gasteiger partial charge on any atom is -0.466 e. The van der Waals surface area contributed by atoms with Crippen molar-refractivity contribution in [3.63, 3.8) is 0 Å². The van der Waals surface area contributed by atoms with Crippen molar-refractivity contribution in [2.24, 2.45) is 0 Å². The van der Waals surface area contributed by atoms with Crippen LogP contribution in [0, 0.1) is 60.5 Å². The van der Waals surface area contributed by atoms with Gasteiger partial charge in [-0.1, -0.05) is 38.4 Å². The molecule has 0 aromatic heterocycles. The van der Waals surface area contributed by atoms with Crippen LogP contribution in [0.4, 0.5) is 0 Å². The molecule has 0 aromatic carbocycles. The topological polar surface area (TPSA) is 46.5 Å². The van der Waals surface area contributed by atoms with Gasteiger partial charge >= 0.3 is 23.0 Å². The van der Waals surface area contributed by atoms with Gasteiger partial charge in [0.2, 0.25) is 0 Å². The Labute approximate surface area is 161 Å². The van der Waals surface area contributed by atoms with Gasteiger partial charge in [0.15, 0.2) is 0 Å². The van der Waals surface area contributed by atoms with Gasteiger partial charge in [-0.15, -0.1) is 0 Å². The zero-order valence-corrected chi connectivity index (χ0v) is 16.2. The van der Waals surface area contributed by atoms with Crippen LogP contribution < -0.4 is 0 Å². The molecule has 0 aliphatic heterocycles. The number of ether oxygens (including phenoxy) is 1. The van der Waals surface area contributed by atoms with Crippen LogP contribution in [-0.2, 0) is 26.6 Å². The first kappa shape index (κ1) is 22.6. The third-order valence-electron chi connectivity index (χ3n) is 2.69. The second kappa shape index (κ2) is 12.1. The Hall–Kier alpha value is 0.649. The molecule has 0 saturated heterocycles. The van der Waals surface area contributed by atoms with Crippen LogP contribution in [-0.4, -0.2) is 24.3 Å². The molecule has 0 spiro atoms. The molecule has 118 valence electrons. The normalized spacial score (nSPS) is 20.7. The standard InChI is InChI=1S/C11H12BrO3.C5H4Br.Fe/c1-7(11(14)15-2)6-10(13)8-4-3-5-9(8)12;6-5-3-1-2-4-5;/h3-5,10,13H,1,6H2,2H3;1-4H;/q;;+2. The largest absolute Gasteiger partial charge is 2.00 e. The minimum absolute atomic E-state index is 0. The summed E-state index contributed by atoms with van der Waals surface area (Å²) < 4.78 is 4.50. The van der Waals surface area contributed by atoms with Crippen molar-refractivity contribution in [3.05, 3.63) is 72.7 Å². The third kappa shape index (κ3) is 7.96. The Morgan fingerprint density at radius 2 is 1.82 bits per heavy atom. The van der Waals surface area contributed by atoms with Gasteiger partial charge < -0.3 is 9.84 Å². The molecule has 1 N–H and O–H groups in total. The third-order valence-corrected chi connectivity index (χ3v) is 3.94. The molecule has 0 aromatic rings. The van der Waals surface area contributed by atoms with Crippen LogP contribution in [0.3, 0.4) is 0 Å². The summed E-state index contributed by atoms with van der Waals surface area (Å²) in [6.45, 7) is 3.56. The Kier molecular flexibility index (Phi) is 12.4. The van der Waals surface area contributed by atoms with Crippen LogP contribution in [0.25, 0.3) is 0 Å². The number of carbonyl (C=O) groups is 1. The smallest absolute Gasteiger partial charge is 0.466 e. The van der Waals surface area contributed by atoms with Gasteiger partial charge in [0.05, 0.1) is 18.0 Å². The van der Waals surface area contributed by atoms with E-state index >= 15 is 0 Å². The van der Waals surface area contributed by atoms with E-state index in [1.165, 1.54) is 7.11 Å². The maximum atomic E-state index is 11.1. The fraction of sp³-hybridized carbons (Fsp3) is 0.188. The molecular formula is C16H16Br2FeO3+2. The summed E-state index contributed by atoms with van der Waals surface area (Å²) in [5, 5.41) is 9.81. The van der Waals surface area contributed by atoms with Crippen LogP contribution in [0.15, 0.2) is 12.2 Å². The summed E-state index contributed by atoms with van der Waals surface area (Å²) in [5.74, 6) is 0.261. The number of rotatable bonds is 4. The first-order chi connectivity index (χ1) is 9.95. The second-order valence-electron chi connectivity index (χ2n) is 4.25. The van der Waals surface area contributed by atoms with E-state index in [0.29, 0.717) is 0 Å². The number of halogens is 2. The molecule has 2 rings (SSSR count). The van der Waals surface area contributed by atoms with Crippen molar-refractivity contribution in [3.8, 4) is 0 Å². The fourth-order valence-corrected chi connectivity index (χ4v) is 2.46. The Morgan fingerprint density at radius 3 is 2.18 bits per heavy atom. The molecule has 2 saturated carbocycles. The molecular weight excluding hydrogens is 456 g/mol. The molecule has 22 heavy (non-hydrogen) atoms. The zero-order valence-electron chi connectivity index (χ0n) is 11.9. The van der Waals surface area contributed by atoms with Crippen molar-refractivity contribution in [1.82, 2.24) is 0 Å². The fourth-order valence-electron chi connectivity index (χ4n) is 1.60. The van der Waals surface area contributed by atoms with E-state index in [4.69, 9.17) is 0 Å². The van der Waals surface area contributed by atoms with Crippen molar-refractivity contribution in [2.45, 2.75) is 12.5 Å². The van der Waals surface area contributed by atoms with E-state index in [0.717, 1.165) is 15.6 Å². The molecule has 0 amide bonds. The van der Waals surface area contributed by atoms with Gasteiger partial charge in [-0.2, -0.15) is 0 Å². The van der Waals surface area contributed by atoms with Crippen molar-refractivity contribution < 1.29 is 31.7 Å². The molecule has 3 nitrogen and oxygen atoms in total. The number of methoxy groups -OCH3 is 1. The predicted octanol–water partition coefficient (Wildman–Crippen LogP) is 3.34. The van der Waals surface area contributed by atoms with Gasteiger partial charge in [0.1, 0.15) is 0 Å². The average molecular weight is 472 g/mol. The predicted molar refractivity (Wildman–Crippen MR) is 89.5 cm³/mol. The van der Waals surface area contributed by atoms with Gasteiger partial charge in [0, 0.05) is 22.7 Å². The van der Waals surface area contributed by atoms with E-state index in [2.05, 4.69) is 43.2 Å². The summed E-state index contributed by atoms with van der Waals surface area (Å²) in [7, 11) is 1.29. The second-order valence-corrected chi connectivity index (χ2v) is 6.02. The van der Waals surface area contributed by atoms with Gasteiger partial charge in [0.25, 0.3) is 0 Å². The summed E-state index contributed by atoms with van der Waals surface area (Å²) in [4.78, 5) is 13.0. The maximum absolute atomic E-state index is 11.1. The van der Waals surface area contributed by atoms with E-state index in [1.54, 1.807) is 6.42 Å². The van der Waals surface area contributed by atoms with Crippen molar-refractivity contribution in [1.29, 1.82) is 0 Å². The quantitative estimate of drug-likeness (QED) is 0.388. The maximum Gasteiger partial charge on any atom is 2.00 e. The van der Waals surface area contributed by atoms with Gasteiger partial charge in [-0.3, -0.25) is 0 Å². The Balaban J connectivity index is 0.000000529. The van der Waals surface area contributed by atoms with Gasteiger partial charge in [-0.25, -0.2) is 4.79 Å². The van der Waals surface area contributed by atoms with Crippen LogP contribution in [0.2, 0.25) is 0 Å². The summed E-state index contributed by atoms with van der Waals surface area (Å²) in [6.07, 6.45) is 12.9. The summed E-state index contributed by atoms with van der Waals surface area (Å²) >= 11 is 6.59. The Bertz CT molecular complexity index is 346. The Morgan fingerprint density at radius 1 is 1.23 bits per heavy atom. The minimum atomic E-state index is -0.735. The zero-order chi connectivity index (χ0) is 15.8. The van der Waals surface area contributed by atoms with Crippen LogP contribution in [0.1, 0.15) is 6.42 Å². The van der Waals surface area contributed by atoms with E-state index in [1.807, 2.05) is 38.5 Å². The van der Waals surface area contributed by atoms with E-state index < -0.39 is 12.1 Å². The van der Waals surface area contributed by atoms with Crippen LogP contribution >= 0.6 is 31.9 Å². The molecule has 2 aliphatic rings. The first-order valence-electron chi connectivity index (χ1n) is 6.18. The first-order valence-corrected chi connectivity index (χ1v) is 7.76. The molecule has 2 fully saturated rings. The van der Waals surface area contributed by atoms with Crippen molar-refractivity contribution in [2.75, 3.05) is 7.11 Å². The number of hydrogen-bond acceptors (Lipinski definition) is 3. The van der Waals surface area contributed by atoms with Gasteiger partial charge in [-0.05, 0) is 44.9 Å². The van der Waals surface area contributed by atoms with E-state index in [9.17, 15) is 9.90 Å². The molecule has 0 bridgehead atoms.